The first-order valence-electron chi connectivity index (χ1n) is 8.01. The Morgan fingerprint density at radius 2 is 1.75 bits per heavy atom. The lowest BCUT2D eigenvalue weighted by Crippen LogP contribution is -1.96. The maximum Gasteiger partial charge on any atom is 0.125 e. The van der Waals surface area contributed by atoms with Crippen LogP contribution in [0.1, 0.15) is 28.0 Å². The third-order valence-corrected chi connectivity index (χ3v) is 3.63. The second-order valence-electron chi connectivity index (χ2n) is 5.90. The summed E-state index contributed by atoms with van der Waals surface area (Å²) < 4.78 is 11.1. The molecule has 3 heteroatoms. The van der Waals surface area contributed by atoms with Crippen molar-refractivity contribution in [2.45, 2.75) is 27.0 Å². The topological polar surface area (TPSA) is 34.7 Å². The van der Waals surface area contributed by atoms with Crippen molar-refractivity contribution < 1.29 is 9.15 Å². The van der Waals surface area contributed by atoms with Crippen LogP contribution in [0.5, 0.6) is 5.75 Å². The van der Waals surface area contributed by atoms with Crippen LogP contribution in [0.4, 0.5) is 0 Å². The van der Waals surface area contributed by atoms with E-state index in [-0.39, 0.29) is 0 Å². The molecule has 0 radical (unpaired) electrons. The van der Waals surface area contributed by atoms with Gasteiger partial charge in [-0.1, -0.05) is 29.3 Å². The third kappa shape index (κ3) is 4.59. The summed E-state index contributed by atoms with van der Waals surface area (Å²) >= 11 is 0. The van der Waals surface area contributed by atoms with Crippen molar-refractivity contribution in [3.8, 4) is 5.75 Å². The largest absolute Gasteiger partial charge is 0.489 e. The van der Waals surface area contributed by atoms with Gasteiger partial charge in [-0.05, 0) is 61.4 Å². The van der Waals surface area contributed by atoms with Gasteiger partial charge in [0.05, 0.1) is 12.8 Å². The van der Waals surface area contributed by atoms with E-state index in [1.165, 1.54) is 16.7 Å². The lowest BCUT2D eigenvalue weighted by atomic mass is 10.1. The molecular weight excluding hydrogens is 298 g/mol. The quantitative estimate of drug-likeness (QED) is 0.593. The molecule has 0 aliphatic heterocycles. The highest BCUT2D eigenvalue weighted by atomic mass is 16.5. The maximum absolute atomic E-state index is 5.86. The number of ether oxygens (including phenoxy) is 1. The van der Waals surface area contributed by atoms with Crippen molar-refractivity contribution in [2.75, 3.05) is 0 Å². The zero-order chi connectivity index (χ0) is 16.8. The second kappa shape index (κ2) is 7.64. The number of nitrogens with zero attached hydrogens (tertiary/aromatic N) is 1. The van der Waals surface area contributed by atoms with Crippen molar-refractivity contribution in [1.29, 1.82) is 0 Å². The van der Waals surface area contributed by atoms with Crippen LogP contribution >= 0.6 is 0 Å². The zero-order valence-electron chi connectivity index (χ0n) is 14.0. The van der Waals surface area contributed by atoms with Gasteiger partial charge in [0.15, 0.2) is 0 Å². The average molecular weight is 319 g/mol. The summed E-state index contributed by atoms with van der Waals surface area (Å²) in [5.41, 5.74) is 4.75. The van der Waals surface area contributed by atoms with E-state index < -0.39 is 0 Å². The molecule has 3 nitrogen and oxygen atoms in total. The Morgan fingerprint density at radius 1 is 1.00 bits per heavy atom. The van der Waals surface area contributed by atoms with Gasteiger partial charge in [-0.3, -0.25) is 4.99 Å². The molecule has 0 aliphatic carbocycles. The Hall–Kier alpha value is -2.81. The Labute approximate surface area is 142 Å². The van der Waals surface area contributed by atoms with E-state index >= 15 is 0 Å². The van der Waals surface area contributed by atoms with E-state index in [1.807, 2.05) is 42.6 Å². The Kier molecular flexibility index (Phi) is 5.12. The van der Waals surface area contributed by atoms with Crippen molar-refractivity contribution in [3.05, 3.63) is 88.9 Å². The number of aryl methyl sites for hydroxylation is 2. The highest BCUT2D eigenvalue weighted by molar-refractivity contribution is 5.79. The summed E-state index contributed by atoms with van der Waals surface area (Å²) in [6, 6.07) is 18.2. The van der Waals surface area contributed by atoms with E-state index in [2.05, 4.69) is 37.0 Å². The first-order chi connectivity index (χ1) is 11.7. The molecule has 3 aromatic rings. The molecule has 0 spiro atoms. The third-order valence-electron chi connectivity index (χ3n) is 3.63. The molecule has 24 heavy (non-hydrogen) atoms. The van der Waals surface area contributed by atoms with Gasteiger partial charge in [0, 0.05) is 6.21 Å². The molecule has 0 unspecified atom stereocenters. The number of aliphatic imine (C=N–C) groups is 1. The Morgan fingerprint density at radius 3 is 2.42 bits per heavy atom. The van der Waals surface area contributed by atoms with Crippen LogP contribution in [-0.4, -0.2) is 6.21 Å². The van der Waals surface area contributed by atoms with Gasteiger partial charge in [-0.2, -0.15) is 0 Å². The number of rotatable bonds is 6. The van der Waals surface area contributed by atoms with Crippen molar-refractivity contribution in [3.63, 3.8) is 0 Å². The summed E-state index contributed by atoms with van der Waals surface area (Å²) in [7, 11) is 0. The molecule has 1 heterocycles. The lowest BCUT2D eigenvalue weighted by Gasteiger charge is -2.08. The molecule has 1 aromatic heterocycles. The fourth-order valence-corrected chi connectivity index (χ4v) is 2.61. The number of hydrogen-bond donors (Lipinski definition) is 0. The molecular formula is C21H21NO2. The van der Waals surface area contributed by atoms with E-state index in [0.717, 1.165) is 17.1 Å². The molecule has 0 fully saturated rings. The molecule has 0 bridgehead atoms. The van der Waals surface area contributed by atoms with E-state index in [0.29, 0.717) is 13.2 Å². The van der Waals surface area contributed by atoms with Gasteiger partial charge < -0.3 is 9.15 Å². The number of benzene rings is 2. The predicted molar refractivity (Wildman–Crippen MR) is 96.7 cm³/mol. The standard InChI is InChI=1S/C21H21NO2/c1-16-10-17(2)12-19(11-16)15-24-20-7-5-18(6-8-20)13-22-14-21-4-3-9-23-21/h3-13H,14-15H2,1-2H3/b22-13-. The van der Waals surface area contributed by atoms with Crippen molar-refractivity contribution >= 4 is 6.21 Å². The molecule has 122 valence electrons. The van der Waals surface area contributed by atoms with Gasteiger partial charge in [-0.25, -0.2) is 0 Å². The fourth-order valence-electron chi connectivity index (χ4n) is 2.61. The minimum Gasteiger partial charge on any atom is -0.489 e. The number of hydrogen-bond acceptors (Lipinski definition) is 3. The van der Waals surface area contributed by atoms with Crippen LogP contribution < -0.4 is 4.74 Å². The van der Waals surface area contributed by atoms with Gasteiger partial charge in [0.25, 0.3) is 0 Å². The SMILES string of the molecule is Cc1cc(C)cc(COc2ccc(/C=N\Cc3ccco3)cc2)c1. The van der Waals surface area contributed by atoms with E-state index in [9.17, 15) is 0 Å². The predicted octanol–water partition coefficient (Wildman–Crippen LogP) is 5.09. The Balaban J connectivity index is 1.55. The average Bonchev–Trinajstić information content (AvgIpc) is 3.07. The van der Waals surface area contributed by atoms with Crippen LogP contribution in [0, 0.1) is 13.8 Å². The zero-order valence-corrected chi connectivity index (χ0v) is 14.0. The molecule has 0 saturated heterocycles. The van der Waals surface area contributed by atoms with Gasteiger partial charge in [0.2, 0.25) is 0 Å². The second-order valence-corrected chi connectivity index (χ2v) is 5.90. The first-order valence-corrected chi connectivity index (χ1v) is 8.01. The fraction of sp³-hybridized carbons (Fsp3) is 0.190. The molecule has 0 amide bonds. The Bertz CT molecular complexity index is 782. The van der Waals surface area contributed by atoms with Gasteiger partial charge >= 0.3 is 0 Å². The minimum atomic E-state index is 0.554. The smallest absolute Gasteiger partial charge is 0.125 e. The highest BCUT2D eigenvalue weighted by Crippen LogP contribution is 2.15. The highest BCUT2D eigenvalue weighted by Gasteiger charge is 1.99. The summed E-state index contributed by atoms with van der Waals surface area (Å²) in [6.45, 7) is 5.34. The summed E-state index contributed by atoms with van der Waals surface area (Å²) in [5, 5.41) is 0. The molecule has 3 rings (SSSR count). The van der Waals surface area contributed by atoms with Gasteiger partial charge in [0.1, 0.15) is 18.1 Å². The van der Waals surface area contributed by atoms with Crippen LogP contribution in [0.15, 0.2) is 70.3 Å². The van der Waals surface area contributed by atoms with E-state index in [1.54, 1.807) is 6.26 Å². The van der Waals surface area contributed by atoms with Crippen molar-refractivity contribution in [1.82, 2.24) is 0 Å². The van der Waals surface area contributed by atoms with Gasteiger partial charge in [-0.15, -0.1) is 0 Å². The lowest BCUT2D eigenvalue weighted by molar-refractivity contribution is 0.306. The van der Waals surface area contributed by atoms with E-state index in [4.69, 9.17) is 9.15 Å². The first kappa shape index (κ1) is 16.1. The van der Waals surface area contributed by atoms with Crippen LogP contribution in [0.2, 0.25) is 0 Å². The van der Waals surface area contributed by atoms with Crippen LogP contribution in [0.25, 0.3) is 0 Å². The summed E-state index contributed by atoms with van der Waals surface area (Å²) in [6.07, 6.45) is 3.50. The molecule has 0 saturated carbocycles. The van der Waals surface area contributed by atoms with Crippen LogP contribution in [0.3, 0.4) is 0 Å². The summed E-state index contributed by atoms with van der Waals surface area (Å²) in [5.74, 6) is 1.72. The molecule has 0 N–H and O–H groups in total. The summed E-state index contributed by atoms with van der Waals surface area (Å²) in [4.78, 5) is 4.37. The molecule has 2 aromatic carbocycles. The number of furan rings is 1. The minimum absolute atomic E-state index is 0.554. The molecule has 0 aliphatic rings. The maximum atomic E-state index is 5.86. The molecule has 0 atom stereocenters. The van der Waals surface area contributed by atoms with Crippen molar-refractivity contribution in [2.24, 2.45) is 4.99 Å². The monoisotopic (exact) mass is 319 g/mol. The normalized spacial score (nSPS) is 11.1. The van der Waals surface area contributed by atoms with Crippen LogP contribution in [-0.2, 0) is 13.2 Å².